The summed E-state index contributed by atoms with van der Waals surface area (Å²) in [4.78, 5) is 16.7. The van der Waals surface area contributed by atoms with Gasteiger partial charge in [0, 0.05) is 12.5 Å². The third kappa shape index (κ3) is 4.26. The van der Waals surface area contributed by atoms with E-state index >= 15 is 0 Å². The quantitative estimate of drug-likeness (QED) is 0.830. The second-order valence-electron chi connectivity index (χ2n) is 7.27. The van der Waals surface area contributed by atoms with Gasteiger partial charge in [-0.2, -0.15) is 0 Å². The highest BCUT2D eigenvalue weighted by atomic mass is 19.1. The Morgan fingerprint density at radius 2 is 1.83 bits per heavy atom. The molecule has 0 radical (unpaired) electrons. The molecule has 1 aromatic carbocycles. The molecular formula is C19H27FN2O2. The molecule has 2 aliphatic rings. The zero-order valence-corrected chi connectivity index (χ0v) is 14.6. The second-order valence-corrected chi connectivity index (χ2v) is 7.27. The fourth-order valence-corrected chi connectivity index (χ4v) is 3.47. The van der Waals surface area contributed by atoms with Crippen molar-refractivity contribution in [1.29, 1.82) is 0 Å². The van der Waals surface area contributed by atoms with Gasteiger partial charge in [-0.3, -0.25) is 4.79 Å². The van der Waals surface area contributed by atoms with Crippen LogP contribution in [0.25, 0.3) is 0 Å². The van der Waals surface area contributed by atoms with Crippen LogP contribution < -0.4 is 4.74 Å². The van der Waals surface area contributed by atoms with Crippen LogP contribution in [0, 0.1) is 11.7 Å². The van der Waals surface area contributed by atoms with Crippen LogP contribution in [0.5, 0.6) is 5.75 Å². The maximum atomic E-state index is 12.9. The van der Waals surface area contributed by atoms with Gasteiger partial charge in [-0.1, -0.05) is 0 Å². The van der Waals surface area contributed by atoms with Crippen molar-refractivity contribution in [3.8, 4) is 5.75 Å². The van der Waals surface area contributed by atoms with Gasteiger partial charge in [0.05, 0.1) is 13.1 Å². The minimum Gasteiger partial charge on any atom is -0.487 e. The van der Waals surface area contributed by atoms with Gasteiger partial charge >= 0.3 is 0 Å². The number of rotatable bonds is 5. The van der Waals surface area contributed by atoms with Crippen LogP contribution in [-0.4, -0.2) is 54.0 Å². The van der Waals surface area contributed by atoms with E-state index in [0.717, 1.165) is 25.9 Å². The van der Waals surface area contributed by atoms with E-state index in [1.54, 1.807) is 12.1 Å². The van der Waals surface area contributed by atoms with E-state index in [4.69, 9.17) is 4.74 Å². The van der Waals surface area contributed by atoms with E-state index in [9.17, 15) is 9.18 Å². The first-order valence-corrected chi connectivity index (χ1v) is 8.95. The Bertz CT molecular complexity index is 547. The van der Waals surface area contributed by atoms with E-state index in [1.165, 1.54) is 12.1 Å². The number of benzene rings is 1. The number of likely N-dealkylation sites (tertiary alicyclic amines) is 2. The molecule has 0 N–H and O–H groups in total. The fraction of sp³-hybridized carbons (Fsp3) is 0.632. The molecule has 2 saturated heterocycles. The Labute approximate surface area is 143 Å². The van der Waals surface area contributed by atoms with Crippen LogP contribution in [0.3, 0.4) is 0 Å². The third-order valence-electron chi connectivity index (χ3n) is 5.16. The van der Waals surface area contributed by atoms with Gasteiger partial charge in [0.15, 0.2) is 0 Å². The third-order valence-corrected chi connectivity index (χ3v) is 5.16. The molecule has 24 heavy (non-hydrogen) atoms. The van der Waals surface area contributed by atoms with E-state index in [2.05, 4.69) is 18.7 Å². The zero-order chi connectivity index (χ0) is 17.1. The summed E-state index contributed by atoms with van der Waals surface area (Å²) in [5.41, 5.74) is 0. The number of halogens is 1. The van der Waals surface area contributed by atoms with Crippen LogP contribution in [-0.2, 0) is 4.79 Å². The van der Waals surface area contributed by atoms with E-state index in [1.807, 2.05) is 4.90 Å². The molecule has 132 valence electrons. The predicted octanol–water partition coefficient (Wildman–Crippen LogP) is 2.93. The summed E-state index contributed by atoms with van der Waals surface area (Å²) >= 11 is 0. The summed E-state index contributed by atoms with van der Waals surface area (Å²) in [6.45, 7) is 7.94. The lowest BCUT2D eigenvalue weighted by atomic mass is 9.92. The van der Waals surface area contributed by atoms with Crippen LogP contribution in [0.2, 0.25) is 0 Å². The summed E-state index contributed by atoms with van der Waals surface area (Å²) in [5, 5.41) is 0. The van der Waals surface area contributed by atoms with Crippen molar-refractivity contribution in [1.82, 2.24) is 9.80 Å². The Hall–Kier alpha value is -1.62. The number of carbonyl (C=O) groups is 1. The number of piperidine rings is 1. The predicted molar refractivity (Wildman–Crippen MR) is 91.4 cm³/mol. The van der Waals surface area contributed by atoms with E-state index in [0.29, 0.717) is 37.2 Å². The van der Waals surface area contributed by atoms with Crippen molar-refractivity contribution in [3.05, 3.63) is 30.1 Å². The minimum atomic E-state index is -0.267. The molecule has 2 fully saturated rings. The molecule has 4 nitrogen and oxygen atoms in total. The van der Waals surface area contributed by atoms with Gasteiger partial charge in [-0.05, 0) is 70.0 Å². The highest BCUT2D eigenvalue weighted by Crippen LogP contribution is 2.25. The molecule has 1 aromatic rings. The molecule has 0 aliphatic carbocycles. The molecule has 0 aromatic heterocycles. The SMILES string of the molecule is CC(C)N1CCC(CC(=O)N2CC(Oc3ccc(F)cc3)C2)CC1. The van der Waals surface area contributed by atoms with Gasteiger partial charge in [-0.15, -0.1) is 0 Å². The van der Waals surface area contributed by atoms with Crippen molar-refractivity contribution in [3.63, 3.8) is 0 Å². The van der Waals surface area contributed by atoms with E-state index in [-0.39, 0.29) is 17.8 Å². The fourth-order valence-electron chi connectivity index (χ4n) is 3.47. The molecule has 0 spiro atoms. The number of hydrogen-bond donors (Lipinski definition) is 0. The normalized spacial score (nSPS) is 20.2. The lowest BCUT2D eigenvalue weighted by Gasteiger charge is -2.40. The largest absolute Gasteiger partial charge is 0.487 e. The van der Waals surface area contributed by atoms with Gasteiger partial charge in [0.1, 0.15) is 17.7 Å². The van der Waals surface area contributed by atoms with Gasteiger partial charge < -0.3 is 14.5 Å². The van der Waals surface area contributed by atoms with Crippen LogP contribution in [0.15, 0.2) is 24.3 Å². The lowest BCUT2D eigenvalue weighted by molar-refractivity contribution is -0.141. The number of carbonyl (C=O) groups excluding carboxylic acids is 1. The Kier molecular flexibility index (Phi) is 5.39. The molecule has 1 amide bonds. The first-order chi connectivity index (χ1) is 11.5. The Morgan fingerprint density at radius 3 is 2.42 bits per heavy atom. The number of hydrogen-bond acceptors (Lipinski definition) is 3. The van der Waals surface area contributed by atoms with E-state index < -0.39 is 0 Å². The highest BCUT2D eigenvalue weighted by Gasteiger charge is 2.33. The molecule has 2 aliphatic heterocycles. The Morgan fingerprint density at radius 1 is 1.21 bits per heavy atom. The first-order valence-electron chi connectivity index (χ1n) is 8.95. The summed E-state index contributed by atoms with van der Waals surface area (Å²) in [7, 11) is 0. The van der Waals surface area contributed by atoms with Crippen molar-refractivity contribution in [2.24, 2.45) is 5.92 Å². The second kappa shape index (κ2) is 7.51. The maximum Gasteiger partial charge on any atom is 0.223 e. The molecule has 0 atom stereocenters. The molecule has 0 unspecified atom stereocenters. The minimum absolute atomic E-state index is 0.0298. The molecule has 0 saturated carbocycles. The topological polar surface area (TPSA) is 32.8 Å². The zero-order valence-electron chi connectivity index (χ0n) is 14.6. The molecule has 0 bridgehead atoms. The summed E-state index contributed by atoms with van der Waals surface area (Å²) in [5.74, 6) is 1.16. The standard InChI is InChI=1S/C19H27FN2O2/c1-14(2)21-9-7-15(8-10-21)11-19(23)22-12-18(13-22)24-17-5-3-16(20)4-6-17/h3-6,14-15,18H,7-13H2,1-2H3. The molecular weight excluding hydrogens is 307 g/mol. The van der Waals surface area contributed by atoms with Crippen LogP contribution >= 0.6 is 0 Å². The summed E-state index contributed by atoms with van der Waals surface area (Å²) in [6.07, 6.45) is 2.93. The van der Waals surface area contributed by atoms with Crippen LogP contribution in [0.4, 0.5) is 4.39 Å². The van der Waals surface area contributed by atoms with Crippen molar-refractivity contribution >= 4 is 5.91 Å². The van der Waals surface area contributed by atoms with Gasteiger partial charge in [-0.25, -0.2) is 4.39 Å². The summed E-state index contributed by atoms with van der Waals surface area (Å²) in [6, 6.07) is 6.63. The van der Waals surface area contributed by atoms with Crippen molar-refractivity contribution < 1.29 is 13.9 Å². The highest BCUT2D eigenvalue weighted by molar-refractivity contribution is 5.77. The monoisotopic (exact) mass is 334 g/mol. The van der Waals surface area contributed by atoms with Gasteiger partial charge in [0.25, 0.3) is 0 Å². The van der Waals surface area contributed by atoms with Crippen LogP contribution in [0.1, 0.15) is 33.1 Å². The lowest BCUT2D eigenvalue weighted by Crippen LogP contribution is -2.56. The average Bonchev–Trinajstić information content (AvgIpc) is 2.52. The first kappa shape index (κ1) is 17.2. The average molecular weight is 334 g/mol. The van der Waals surface area contributed by atoms with Crippen molar-refractivity contribution in [2.45, 2.75) is 45.3 Å². The number of amides is 1. The summed E-state index contributed by atoms with van der Waals surface area (Å²) < 4.78 is 18.6. The van der Waals surface area contributed by atoms with Crippen molar-refractivity contribution in [2.75, 3.05) is 26.2 Å². The Balaban J connectivity index is 1.37. The van der Waals surface area contributed by atoms with Gasteiger partial charge in [0.2, 0.25) is 5.91 Å². The molecule has 3 rings (SSSR count). The number of ether oxygens (including phenoxy) is 1. The molecule has 2 heterocycles. The maximum absolute atomic E-state index is 12.9. The molecule has 5 heteroatoms. The number of nitrogens with zero attached hydrogens (tertiary/aromatic N) is 2. The smallest absolute Gasteiger partial charge is 0.223 e.